The van der Waals surface area contributed by atoms with Crippen LogP contribution in [-0.2, 0) is 32.7 Å². The molecule has 2 unspecified atom stereocenters. The first kappa shape index (κ1) is 66.4. The number of unbranched alkanes of at least 4 members (excludes halogenated alkanes) is 17. The molecule has 3 N–H and O–H groups in total. The van der Waals surface area contributed by atoms with Crippen LogP contribution in [0.5, 0.6) is 0 Å². The van der Waals surface area contributed by atoms with Crippen molar-refractivity contribution in [1.29, 1.82) is 0 Å². The largest absolute Gasteiger partial charge is 0.472 e. The van der Waals surface area contributed by atoms with Crippen LogP contribution >= 0.6 is 7.82 Å². The van der Waals surface area contributed by atoms with E-state index < -0.39 is 32.5 Å². The molecule has 0 aromatic heterocycles. The number of allylic oxidation sites excluding steroid dienone is 20. The smallest absolute Gasteiger partial charge is 0.462 e. The maximum Gasteiger partial charge on any atom is 0.472 e. The minimum absolute atomic E-state index is 0.0437. The number of phosphoric ester groups is 1. The Morgan fingerprint density at radius 1 is 0.443 bits per heavy atom. The molecule has 0 rings (SSSR count). The lowest BCUT2D eigenvalue weighted by Gasteiger charge is -2.19. The number of hydrogen-bond acceptors (Lipinski definition) is 8. The molecule has 0 aliphatic heterocycles. The van der Waals surface area contributed by atoms with Gasteiger partial charge in [0.2, 0.25) is 0 Å². The van der Waals surface area contributed by atoms with Gasteiger partial charge in [0.15, 0.2) is 6.10 Å². The molecule has 0 heterocycles. The van der Waals surface area contributed by atoms with E-state index >= 15 is 0 Å². The van der Waals surface area contributed by atoms with Crippen molar-refractivity contribution >= 4 is 19.8 Å². The molecule has 70 heavy (non-hydrogen) atoms. The summed E-state index contributed by atoms with van der Waals surface area (Å²) in [6, 6.07) is 0. The molecular weight excluding hydrogens is 894 g/mol. The maximum atomic E-state index is 12.7. The number of esters is 2. The Kier molecular flexibility index (Phi) is 51.9. The Morgan fingerprint density at radius 3 is 1.17 bits per heavy atom. The molecule has 0 saturated carbocycles. The predicted octanol–water partition coefficient (Wildman–Crippen LogP) is 17.2. The second kappa shape index (κ2) is 54.7. The van der Waals surface area contributed by atoms with Crippen molar-refractivity contribution in [3.63, 3.8) is 0 Å². The zero-order valence-electron chi connectivity index (χ0n) is 44.2. The van der Waals surface area contributed by atoms with Crippen LogP contribution in [0.1, 0.15) is 213 Å². The summed E-state index contributed by atoms with van der Waals surface area (Å²) in [5.74, 6) is -0.861. The summed E-state index contributed by atoms with van der Waals surface area (Å²) in [5, 5.41) is 0. The van der Waals surface area contributed by atoms with Crippen LogP contribution in [0.3, 0.4) is 0 Å². The number of ether oxygens (including phenoxy) is 2. The summed E-state index contributed by atoms with van der Waals surface area (Å²) < 4.78 is 32.9. The van der Waals surface area contributed by atoms with Crippen molar-refractivity contribution in [2.45, 2.75) is 219 Å². The summed E-state index contributed by atoms with van der Waals surface area (Å²) >= 11 is 0. The summed E-state index contributed by atoms with van der Waals surface area (Å²) in [4.78, 5) is 35.1. The summed E-state index contributed by atoms with van der Waals surface area (Å²) in [6.07, 6.45) is 75.3. The Morgan fingerprint density at radius 2 is 0.786 bits per heavy atom. The highest BCUT2D eigenvalue weighted by atomic mass is 31.2. The average molecular weight is 994 g/mol. The molecule has 0 saturated heterocycles. The van der Waals surface area contributed by atoms with Gasteiger partial charge < -0.3 is 20.1 Å². The van der Waals surface area contributed by atoms with E-state index in [0.29, 0.717) is 12.8 Å². The van der Waals surface area contributed by atoms with Gasteiger partial charge in [0.25, 0.3) is 0 Å². The Balaban J connectivity index is 4.06. The first-order valence-corrected chi connectivity index (χ1v) is 29.0. The Bertz CT molecular complexity index is 1550. The average Bonchev–Trinajstić information content (AvgIpc) is 3.35. The van der Waals surface area contributed by atoms with Gasteiger partial charge in [0, 0.05) is 19.4 Å². The lowest BCUT2D eigenvalue weighted by molar-refractivity contribution is -0.161. The highest BCUT2D eigenvalue weighted by molar-refractivity contribution is 7.47. The molecule has 0 aromatic carbocycles. The van der Waals surface area contributed by atoms with Crippen LogP contribution in [0.15, 0.2) is 122 Å². The number of carbonyl (C=O) groups excluding carboxylic acids is 2. The minimum Gasteiger partial charge on any atom is -0.462 e. The SMILES string of the molecule is CC/C=C\C/C=C\C/C=C\C/C=C\C/C=C\C/C=C\C/C=C\C/C=C\CCCCCCCCCCC(=O)OC(COC(=O)CCCCCCC/C=C\C/C=C\CCCCCC)COP(=O)(O)OCCN. The zero-order chi connectivity index (χ0) is 51.0. The minimum atomic E-state index is -4.40. The van der Waals surface area contributed by atoms with Gasteiger partial charge in [0.05, 0.1) is 13.2 Å². The quantitative estimate of drug-likeness (QED) is 0.0264. The molecule has 398 valence electrons. The number of hydrogen-bond donors (Lipinski definition) is 2. The van der Waals surface area contributed by atoms with Gasteiger partial charge >= 0.3 is 19.8 Å². The number of phosphoric acid groups is 1. The van der Waals surface area contributed by atoms with Gasteiger partial charge in [-0.3, -0.25) is 18.6 Å². The monoisotopic (exact) mass is 994 g/mol. The molecule has 0 aliphatic rings. The van der Waals surface area contributed by atoms with Crippen molar-refractivity contribution in [2.75, 3.05) is 26.4 Å². The Hall–Kier alpha value is -3.59. The summed E-state index contributed by atoms with van der Waals surface area (Å²) in [6.45, 7) is 3.57. The van der Waals surface area contributed by atoms with Crippen LogP contribution in [0.2, 0.25) is 0 Å². The fraction of sp³-hybridized carbons (Fsp3) is 0.633. The number of rotatable bonds is 50. The molecule has 0 aromatic rings. The van der Waals surface area contributed by atoms with E-state index in [9.17, 15) is 19.0 Å². The molecule has 0 amide bonds. The first-order valence-electron chi connectivity index (χ1n) is 27.5. The van der Waals surface area contributed by atoms with Crippen molar-refractivity contribution in [3.8, 4) is 0 Å². The third-order valence-electron chi connectivity index (χ3n) is 11.1. The summed E-state index contributed by atoms with van der Waals surface area (Å²) in [5.41, 5.74) is 5.37. The fourth-order valence-electron chi connectivity index (χ4n) is 7.03. The molecule has 0 radical (unpaired) electrons. The van der Waals surface area contributed by atoms with Crippen molar-refractivity contribution in [1.82, 2.24) is 0 Å². The normalized spacial score (nSPS) is 14.1. The van der Waals surface area contributed by atoms with E-state index in [1.165, 1.54) is 57.8 Å². The van der Waals surface area contributed by atoms with E-state index in [-0.39, 0.29) is 32.6 Å². The summed E-state index contributed by atoms with van der Waals surface area (Å²) in [7, 11) is -4.40. The first-order chi connectivity index (χ1) is 34.3. The van der Waals surface area contributed by atoms with E-state index in [0.717, 1.165) is 116 Å². The molecule has 0 spiro atoms. The van der Waals surface area contributed by atoms with Crippen LogP contribution in [0.25, 0.3) is 0 Å². The van der Waals surface area contributed by atoms with Gasteiger partial charge in [0.1, 0.15) is 6.61 Å². The molecule has 10 heteroatoms. The van der Waals surface area contributed by atoms with Crippen LogP contribution in [-0.4, -0.2) is 49.3 Å². The zero-order valence-corrected chi connectivity index (χ0v) is 45.1. The van der Waals surface area contributed by atoms with E-state index in [1.54, 1.807) is 0 Å². The van der Waals surface area contributed by atoms with Gasteiger partial charge in [-0.25, -0.2) is 4.57 Å². The predicted molar refractivity (Wildman–Crippen MR) is 297 cm³/mol. The lowest BCUT2D eigenvalue weighted by atomic mass is 10.1. The molecule has 0 fully saturated rings. The van der Waals surface area contributed by atoms with Crippen LogP contribution < -0.4 is 5.73 Å². The standard InChI is InChI=1S/C60H100NO8P/c1-3-5-7-9-11-13-15-17-19-21-22-23-24-25-26-27-28-29-30-31-32-33-34-35-36-37-39-41-43-45-47-49-51-53-60(63)69-58(57-68-70(64,65)67-55-54-61)56-66-59(62)52-50-48-46-44-42-40-38-20-18-16-14-12-10-8-6-4-2/h5,7,11,13-14,16-17,19-20,22-23,25-26,28-29,31-32,34-35,38,58H,3-4,6,8-10,12,15,18,21,24,27,30,33,36-37,39-57,61H2,1-2H3,(H,64,65)/b7-5-,13-11-,16-14-,19-17-,23-22-,26-25-,29-28-,32-31-,35-34-,38-20-. The second-order valence-corrected chi connectivity index (χ2v) is 19.2. The fourth-order valence-corrected chi connectivity index (χ4v) is 7.80. The third kappa shape index (κ3) is 53.8. The van der Waals surface area contributed by atoms with E-state index in [1.807, 2.05) is 0 Å². The maximum absolute atomic E-state index is 12.7. The highest BCUT2D eigenvalue weighted by Gasteiger charge is 2.26. The van der Waals surface area contributed by atoms with Crippen LogP contribution in [0.4, 0.5) is 0 Å². The molecule has 0 aliphatic carbocycles. The van der Waals surface area contributed by atoms with Crippen LogP contribution in [0, 0.1) is 0 Å². The van der Waals surface area contributed by atoms with Gasteiger partial charge in [-0.1, -0.05) is 212 Å². The number of nitrogens with two attached hydrogens (primary N) is 1. The second-order valence-electron chi connectivity index (χ2n) is 17.7. The van der Waals surface area contributed by atoms with Crippen molar-refractivity contribution in [2.24, 2.45) is 5.73 Å². The van der Waals surface area contributed by atoms with Gasteiger partial charge in [-0.15, -0.1) is 0 Å². The van der Waals surface area contributed by atoms with Crippen molar-refractivity contribution in [3.05, 3.63) is 122 Å². The van der Waals surface area contributed by atoms with Crippen molar-refractivity contribution < 1.29 is 37.6 Å². The molecule has 2 atom stereocenters. The van der Waals surface area contributed by atoms with Gasteiger partial charge in [-0.05, 0) is 109 Å². The topological polar surface area (TPSA) is 134 Å². The highest BCUT2D eigenvalue weighted by Crippen LogP contribution is 2.43. The lowest BCUT2D eigenvalue weighted by Crippen LogP contribution is -2.29. The third-order valence-corrected chi connectivity index (χ3v) is 12.1. The van der Waals surface area contributed by atoms with E-state index in [2.05, 4.69) is 135 Å². The van der Waals surface area contributed by atoms with Gasteiger partial charge in [-0.2, -0.15) is 0 Å². The molecule has 0 bridgehead atoms. The number of carbonyl (C=O) groups is 2. The molecular formula is C60H100NO8P. The molecule has 9 nitrogen and oxygen atoms in total. The Labute approximate surface area is 428 Å². The van der Waals surface area contributed by atoms with E-state index in [4.69, 9.17) is 24.3 Å².